The van der Waals surface area contributed by atoms with Gasteiger partial charge in [-0.3, -0.25) is 14.4 Å². The van der Waals surface area contributed by atoms with Crippen LogP contribution in [0.15, 0.2) is 119 Å². The van der Waals surface area contributed by atoms with Gasteiger partial charge in [-0.1, -0.05) is 79.2 Å². The van der Waals surface area contributed by atoms with Crippen molar-refractivity contribution in [2.75, 3.05) is 10.6 Å². The molecule has 1 unspecified atom stereocenters. The molecule has 0 aliphatic carbocycles. The molecule has 7 nitrogen and oxygen atoms in total. The Morgan fingerprint density at radius 3 is 2.43 bits per heavy atom. The SMILES string of the molecule is CCC(Sc1cccc(NC(=O)/C(=C/c2ccccc2F)NC(=O)c2ccccc2)c1)C(=O)Nc1nc(-c2ccccc2Cl)cs1. The first kappa shape index (κ1) is 32.6. The monoisotopic (exact) mass is 670 g/mol. The molecule has 0 aliphatic rings. The fourth-order valence-electron chi connectivity index (χ4n) is 4.33. The largest absolute Gasteiger partial charge is 0.321 e. The molecule has 1 aromatic heterocycles. The number of rotatable bonds is 11. The first-order valence-electron chi connectivity index (χ1n) is 14.2. The average molecular weight is 671 g/mol. The topological polar surface area (TPSA) is 100 Å². The number of thioether (sulfide) groups is 1. The molecular formula is C35H28ClFN4O3S2. The summed E-state index contributed by atoms with van der Waals surface area (Å²) in [6.45, 7) is 1.91. The van der Waals surface area contributed by atoms with Crippen molar-refractivity contribution in [2.24, 2.45) is 0 Å². The van der Waals surface area contributed by atoms with Crippen molar-refractivity contribution < 1.29 is 18.8 Å². The van der Waals surface area contributed by atoms with Crippen LogP contribution < -0.4 is 16.0 Å². The van der Waals surface area contributed by atoms with Gasteiger partial charge in [0.25, 0.3) is 11.8 Å². The summed E-state index contributed by atoms with van der Waals surface area (Å²) < 4.78 is 14.5. The van der Waals surface area contributed by atoms with Crippen molar-refractivity contribution >= 4 is 69.3 Å². The third-order valence-electron chi connectivity index (χ3n) is 6.65. The molecule has 3 N–H and O–H groups in total. The van der Waals surface area contributed by atoms with Crippen LogP contribution in [0.1, 0.15) is 29.3 Å². The second kappa shape index (κ2) is 15.5. The van der Waals surface area contributed by atoms with Crippen LogP contribution in [0.3, 0.4) is 0 Å². The second-order valence-electron chi connectivity index (χ2n) is 9.90. The van der Waals surface area contributed by atoms with Crippen LogP contribution in [-0.4, -0.2) is 28.0 Å². The number of nitrogens with zero attached hydrogens (tertiary/aromatic N) is 1. The zero-order valence-electron chi connectivity index (χ0n) is 24.5. The highest BCUT2D eigenvalue weighted by atomic mass is 35.5. The molecule has 11 heteroatoms. The van der Waals surface area contributed by atoms with Crippen molar-refractivity contribution in [3.8, 4) is 11.3 Å². The first-order chi connectivity index (χ1) is 22.3. The molecule has 1 heterocycles. The lowest BCUT2D eigenvalue weighted by molar-refractivity contribution is -0.116. The number of halogens is 2. The number of amides is 3. The van der Waals surface area contributed by atoms with E-state index in [-0.39, 0.29) is 17.2 Å². The number of thiazole rings is 1. The molecule has 232 valence electrons. The van der Waals surface area contributed by atoms with Crippen LogP contribution in [-0.2, 0) is 9.59 Å². The van der Waals surface area contributed by atoms with E-state index >= 15 is 0 Å². The van der Waals surface area contributed by atoms with E-state index in [1.807, 2.05) is 36.6 Å². The molecule has 0 spiro atoms. The van der Waals surface area contributed by atoms with E-state index in [4.69, 9.17) is 11.6 Å². The summed E-state index contributed by atoms with van der Waals surface area (Å²) in [6.07, 6.45) is 1.83. The van der Waals surface area contributed by atoms with Gasteiger partial charge in [-0.05, 0) is 55.0 Å². The van der Waals surface area contributed by atoms with Gasteiger partial charge in [-0.2, -0.15) is 0 Å². The maximum atomic E-state index is 14.5. The summed E-state index contributed by atoms with van der Waals surface area (Å²) in [5, 5.41) is 10.7. The van der Waals surface area contributed by atoms with E-state index in [9.17, 15) is 18.8 Å². The normalized spacial score (nSPS) is 11.8. The quantitative estimate of drug-likeness (QED) is 0.0966. The molecule has 0 bridgehead atoms. The Hall–Kier alpha value is -4.77. The van der Waals surface area contributed by atoms with Crippen LogP contribution in [0.5, 0.6) is 0 Å². The number of carbonyl (C=O) groups is 3. The molecule has 3 amide bonds. The molecule has 0 saturated carbocycles. The Kier molecular flexibility index (Phi) is 11.0. The van der Waals surface area contributed by atoms with Crippen LogP contribution in [0.4, 0.5) is 15.2 Å². The Morgan fingerprint density at radius 2 is 1.67 bits per heavy atom. The third-order valence-corrected chi connectivity index (χ3v) is 9.10. The van der Waals surface area contributed by atoms with E-state index in [0.29, 0.717) is 33.5 Å². The highest BCUT2D eigenvalue weighted by Crippen LogP contribution is 2.32. The maximum absolute atomic E-state index is 14.5. The standard InChI is InChI=1S/C35H28ClFN4O3S2/c1-2-31(34(44)41-35-40-30(21-45-35)26-16-7-8-17-27(26)36)46-25-15-10-14-24(20-25)38-33(43)29(19-23-13-6-9-18-28(23)37)39-32(42)22-11-4-3-5-12-22/h3-21,31H,2H2,1H3,(H,38,43)(H,39,42)(H,40,41,44)/b29-19-. The minimum atomic E-state index is -0.641. The van der Waals surface area contributed by atoms with Crippen LogP contribution >= 0.6 is 34.7 Å². The van der Waals surface area contributed by atoms with E-state index < -0.39 is 22.9 Å². The summed E-state index contributed by atoms with van der Waals surface area (Å²) in [5.41, 5.74) is 2.24. The molecule has 4 aromatic carbocycles. The van der Waals surface area contributed by atoms with Gasteiger partial charge in [0.15, 0.2) is 5.13 Å². The van der Waals surface area contributed by atoms with Gasteiger partial charge in [0.1, 0.15) is 11.5 Å². The molecule has 46 heavy (non-hydrogen) atoms. The van der Waals surface area contributed by atoms with Crippen LogP contribution in [0, 0.1) is 5.82 Å². The number of aromatic nitrogens is 1. The summed E-state index contributed by atoms with van der Waals surface area (Å²) in [6, 6.07) is 28.7. The van der Waals surface area contributed by atoms with Gasteiger partial charge < -0.3 is 16.0 Å². The second-order valence-corrected chi connectivity index (χ2v) is 12.4. The number of carbonyl (C=O) groups excluding carboxylic acids is 3. The predicted octanol–water partition coefficient (Wildman–Crippen LogP) is 8.52. The molecule has 5 aromatic rings. The van der Waals surface area contributed by atoms with Crippen molar-refractivity contribution in [2.45, 2.75) is 23.5 Å². The molecule has 0 saturated heterocycles. The zero-order chi connectivity index (χ0) is 32.5. The molecule has 5 rings (SSSR count). The van der Waals surface area contributed by atoms with Gasteiger partial charge in [-0.25, -0.2) is 9.37 Å². The highest BCUT2D eigenvalue weighted by Gasteiger charge is 2.21. The van der Waals surface area contributed by atoms with Crippen molar-refractivity contribution in [1.29, 1.82) is 0 Å². The third kappa shape index (κ3) is 8.48. The summed E-state index contributed by atoms with van der Waals surface area (Å²) >= 11 is 8.96. The minimum absolute atomic E-state index is 0.137. The van der Waals surface area contributed by atoms with Gasteiger partial charge in [0, 0.05) is 37.7 Å². The van der Waals surface area contributed by atoms with Gasteiger partial charge in [-0.15, -0.1) is 23.1 Å². The minimum Gasteiger partial charge on any atom is -0.321 e. The van der Waals surface area contributed by atoms with Gasteiger partial charge in [0.2, 0.25) is 5.91 Å². The molecule has 0 radical (unpaired) electrons. The van der Waals surface area contributed by atoms with Crippen LogP contribution in [0.25, 0.3) is 17.3 Å². The van der Waals surface area contributed by atoms with E-state index in [2.05, 4.69) is 20.9 Å². The Labute approximate surface area is 278 Å². The highest BCUT2D eigenvalue weighted by molar-refractivity contribution is 8.00. The van der Waals surface area contributed by atoms with Crippen molar-refractivity contribution in [1.82, 2.24) is 10.3 Å². The molecule has 0 fully saturated rings. The molecule has 1 atom stereocenters. The van der Waals surface area contributed by atoms with Crippen molar-refractivity contribution in [3.05, 3.63) is 136 Å². The van der Waals surface area contributed by atoms with Gasteiger partial charge >= 0.3 is 0 Å². The Bertz CT molecular complexity index is 1900. The van der Waals surface area contributed by atoms with Crippen molar-refractivity contribution in [3.63, 3.8) is 0 Å². The number of benzene rings is 4. The zero-order valence-corrected chi connectivity index (χ0v) is 26.9. The summed E-state index contributed by atoms with van der Waals surface area (Å²) in [5.74, 6) is -1.90. The van der Waals surface area contributed by atoms with E-state index in [0.717, 1.165) is 10.5 Å². The van der Waals surface area contributed by atoms with E-state index in [1.54, 1.807) is 60.7 Å². The lowest BCUT2D eigenvalue weighted by atomic mass is 10.1. The first-order valence-corrected chi connectivity index (χ1v) is 16.4. The molecule has 0 aliphatic heterocycles. The number of hydrogen-bond acceptors (Lipinski definition) is 6. The number of hydrogen-bond donors (Lipinski definition) is 3. The van der Waals surface area contributed by atoms with E-state index in [1.165, 1.54) is 47.4 Å². The van der Waals surface area contributed by atoms with Gasteiger partial charge in [0.05, 0.1) is 10.9 Å². The number of nitrogens with one attached hydrogen (secondary N) is 3. The Balaban J connectivity index is 1.28. The number of anilines is 2. The summed E-state index contributed by atoms with van der Waals surface area (Å²) in [4.78, 5) is 44.8. The fraction of sp³-hybridized carbons (Fsp3) is 0.0857. The predicted molar refractivity (Wildman–Crippen MR) is 184 cm³/mol. The molecular weight excluding hydrogens is 643 g/mol. The maximum Gasteiger partial charge on any atom is 0.272 e. The average Bonchev–Trinajstić information content (AvgIpc) is 3.53. The van der Waals surface area contributed by atoms with Crippen LogP contribution in [0.2, 0.25) is 5.02 Å². The Morgan fingerprint density at radius 1 is 0.935 bits per heavy atom. The lowest BCUT2D eigenvalue weighted by Gasteiger charge is -2.15. The smallest absolute Gasteiger partial charge is 0.272 e. The lowest BCUT2D eigenvalue weighted by Crippen LogP contribution is -2.30. The fourth-order valence-corrected chi connectivity index (χ4v) is 6.29. The summed E-state index contributed by atoms with van der Waals surface area (Å²) in [7, 11) is 0.